The molecule has 3 heteroatoms. The molecule has 0 aliphatic heterocycles. The molecule has 0 spiro atoms. The minimum absolute atomic E-state index is 0.00301. The van der Waals surface area contributed by atoms with Crippen LogP contribution in [-0.4, -0.2) is 6.54 Å². The highest BCUT2D eigenvalue weighted by Gasteiger charge is 2.25. The largest absolute Gasteiger partial charge is 0.330 e. The van der Waals surface area contributed by atoms with E-state index < -0.39 is 11.6 Å². The zero-order valence-corrected chi connectivity index (χ0v) is 14.8. The first-order chi connectivity index (χ1) is 11.5. The predicted molar refractivity (Wildman–Crippen MR) is 96.4 cm³/mol. The van der Waals surface area contributed by atoms with Gasteiger partial charge in [-0.25, -0.2) is 8.78 Å². The van der Waals surface area contributed by atoms with E-state index in [2.05, 4.69) is 32.0 Å². The molecule has 2 rings (SSSR count). The maximum Gasteiger partial charge on any atom is 0.126 e. The summed E-state index contributed by atoms with van der Waals surface area (Å²) in [5.74, 6) is -0.898. The SMILES string of the molecule is CCc1cccc(CC)c1C(CCN)C(C)c1cc(F)cc(F)c1. The van der Waals surface area contributed by atoms with Crippen molar-refractivity contribution in [3.8, 4) is 0 Å². The maximum atomic E-state index is 13.7. The van der Waals surface area contributed by atoms with E-state index in [9.17, 15) is 8.78 Å². The topological polar surface area (TPSA) is 26.0 Å². The molecule has 0 aliphatic carbocycles. The van der Waals surface area contributed by atoms with Crippen LogP contribution in [0.25, 0.3) is 0 Å². The van der Waals surface area contributed by atoms with Crippen molar-refractivity contribution in [2.24, 2.45) is 5.73 Å². The minimum atomic E-state index is -0.525. The highest BCUT2D eigenvalue weighted by molar-refractivity contribution is 5.41. The van der Waals surface area contributed by atoms with Gasteiger partial charge in [-0.2, -0.15) is 0 Å². The molecular weight excluding hydrogens is 304 g/mol. The number of benzene rings is 2. The first-order valence-electron chi connectivity index (χ1n) is 8.78. The van der Waals surface area contributed by atoms with Gasteiger partial charge in [-0.05, 0) is 72.0 Å². The molecule has 130 valence electrons. The van der Waals surface area contributed by atoms with Crippen molar-refractivity contribution in [1.82, 2.24) is 0 Å². The van der Waals surface area contributed by atoms with E-state index in [4.69, 9.17) is 5.73 Å². The van der Waals surface area contributed by atoms with E-state index in [1.165, 1.54) is 28.8 Å². The molecule has 0 amide bonds. The zero-order valence-electron chi connectivity index (χ0n) is 14.8. The van der Waals surface area contributed by atoms with Gasteiger partial charge in [0.25, 0.3) is 0 Å². The van der Waals surface area contributed by atoms with Crippen molar-refractivity contribution in [1.29, 1.82) is 0 Å². The monoisotopic (exact) mass is 331 g/mol. The molecule has 0 aromatic heterocycles. The molecule has 0 fully saturated rings. The second-order valence-corrected chi connectivity index (χ2v) is 6.37. The lowest BCUT2D eigenvalue weighted by atomic mass is 9.76. The highest BCUT2D eigenvalue weighted by Crippen LogP contribution is 2.39. The van der Waals surface area contributed by atoms with E-state index in [0.717, 1.165) is 25.3 Å². The predicted octanol–water partition coefficient (Wildman–Crippen LogP) is 5.33. The van der Waals surface area contributed by atoms with E-state index in [1.54, 1.807) is 0 Å². The standard InChI is InChI=1S/C21H27F2N/c1-4-15-7-6-8-16(5-2)21(15)20(9-10-24)14(3)17-11-18(22)13-19(23)12-17/h6-8,11-14,20H,4-5,9-10,24H2,1-3H3. The van der Waals surface area contributed by atoms with Crippen LogP contribution < -0.4 is 5.73 Å². The fraction of sp³-hybridized carbons (Fsp3) is 0.429. The summed E-state index contributed by atoms with van der Waals surface area (Å²) in [5.41, 5.74) is 10.5. The average Bonchev–Trinajstić information content (AvgIpc) is 2.57. The van der Waals surface area contributed by atoms with Crippen molar-refractivity contribution < 1.29 is 8.78 Å². The van der Waals surface area contributed by atoms with Crippen LogP contribution >= 0.6 is 0 Å². The lowest BCUT2D eigenvalue weighted by molar-refractivity contribution is 0.521. The lowest BCUT2D eigenvalue weighted by Gasteiger charge is -2.29. The summed E-state index contributed by atoms with van der Waals surface area (Å²) in [5, 5.41) is 0. The Labute approximate surface area is 143 Å². The molecule has 0 radical (unpaired) electrons. The first-order valence-corrected chi connectivity index (χ1v) is 8.78. The summed E-state index contributed by atoms with van der Waals surface area (Å²) in [6.45, 7) is 6.88. The smallest absolute Gasteiger partial charge is 0.126 e. The van der Waals surface area contributed by atoms with Crippen LogP contribution in [0, 0.1) is 11.6 Å². The number of nitrogens with two attached hydrogens (primary N) is 1. The number of rotatable bonds is 7. The second kappa shape index (κ2) is 8.39. The Balaban J connectivity index is 2.53. The molecule has 0 saturated heterocycles. The van der Waals surface area contributed by atoms with Crippen molar-refractivity contribution in [2.75, 3.05) is 6.54 Å². The molecule has 2 N–H and O–H groups in total. The lowest BCUT2D eigenvalue weighted by Crippen LogP contribution is -2.17. The molecule has 24 heavy (non-hydrogen) atoms. The van der Waals surface area contributed by atoms with E-state index in [1.807, 2.05) is 6.92 Å². The van der Waals surface area contributed by atoms with Gasteiger partial charge < -0.3 is 5.73 Å². The maximum absolute atomic E-state index is 13.7. The molecule has 0 heterocycles. The Hall–Kier alpha value is -1.74. The van der Waals surface area contributed by atoms with Crippen molar-refractivity contribution in [2.45, 2.75) is 51.9 Å². The van der Waals surface area contributed by atoms with Crippen LogP contribution in [-0.2, 0) is 12.8 Å². The zero-order chi connectivity index (χ0) is 17.7. The molecular formula is C21H27F2N. The Bertz CT molecular complexity index is 639. The van der Waals surface area contributed by atoms with Gasteiger partial charge in [-0.1, -0.05) is 39.0 Å². The third-order valence-electron chi connectivity index (χ3n) is 4.91. The van der Waals surface area contributed by atoms with Crippen LogP contribution in [0.3, 0.4) is 0 Å². The van der Waals surface area contributed by atoms with Gasteiger partial charge in [0, 0.05) is 6.07 Å². The van der Waals surface area contributed by atoms with Gasteiger partial charge in [0.05, 0.1) is 0 Å². The number of hydrogen-bond donors (Lipinski definition) is 1. The van der Waals surface area contributed by atoms with Crippen LogP contribution in [0.2, 0.25) is 0 Å². The summed E-state index contributed by atoms with van der Waals surface area (Å²) < 4.78 is 27.3. The van der Waals surface area contributed by atoms with Gasteiger partial charge in [-0.15, -0.1) is 0 Å². The fourth-order valence-electron chi connectivity index (χ4n) is 3.65. The van der Waals surface area contributed by atoms with Crippen LogP contribution in [0.4, 0.5) is 8.78 Å². The molecule has 2 aromatic rings. The Morgan fingerprint density at radius 2 is 1.50 bits per heavy atom. The number of hydrogen-bond acceptors (Lipinski definition) is 1. The number of halogens is 2. The molecule has 2 atom stereocenters. The molecule has 0 bridgehead atoms. The average molecular weight is 331 g/mol. The summed E-state index contributed by atoms with van der Waals surface area (Å²) in [4.78, 5) is 0. The van der Waals surface area contributed by atoms with Crippen molar-refractivity contribution >= 4 is 0 Å². The first kappa shape index (κ1) is 18.6. The van der Waals surface area contributed by atoms with E-state index in [-0.39, 0.29) is 11.8 Å². The second-order valence-electron chi connectivity index (χ2n) is 6.37. The molecule has 1 nitrogen and oxygen atoms in total. The Morgan fingerprint density at radius 1 is 0.958 bits per heavy atom. The van der Waals surface area contributed by atoms with Gasteiger partial charge in [0.15, 0.2) is 0 Å². The van der Waals surface area contributed by atoms with Gasteiger partial charge in [0.1, 0.15) is 11.6 Å². The highest BCUT2D eigenvalue weighted by atomic mass is 19.1. The minimum Gasteiger partial charge on any atom is -0.330 e. The molecule has 0 saturated carbocycles. The van der Waals surface area contributed by atoms with Gasteiger partial charge in [0.2, 0.25) is 0 Å². The number of aryl methyl sites for hydroxylation is 2. The van der Waals surface area contributed by atoms with E-state index >= 15 is 0 Å². The van der Waals surface area contributed by atoms with Crippen molar-refractivity contribution in [3.63, 3.8) is 0 Å². The van der Waals surface area contributed by atoms with Crippen LogP contribution in [0.5, 0.6) is 0 Å². The fourth-order valence-corrected chi connectivity index (χ4v) is 3.65. The normalized spacial score (nSPS) is 13.8. The summed E-state index contributed by atoms with van der Waals surface area (Å²) in [6, 6.07) is 10.2. The third-order valence-corrected chi connectivity index (χ3v) is 4.91. The summed E-state index contributed by atoms with van der Waals surface area (Å²) in [6.07, 6.45) is 2.67. The third kappa shape index (κ3) is 4.02. The quantitative estimate of drug-likeness (QED) is 0.729. The van der Waals surface area contributed by atoms with Gasteiger partial charge >= 0.3 is 0 Å². The molecule has 2 unspecified atom stereocenters. The summed E-state index contributed by atoms with van der Waals surface area (Å²) in [7, 11) is 0. The van der Waals surface area contributed by atoms with Gasteiger partial charge in [-0.3, -0.25) is 0 Å². The molecule has 2 aromatic carbocycles. The Morgan fingerprint density at radius 3 is 1.96 bits per heavy atom. The van der Waals surface area contributed by atoms with Crippen LogP contribution in [0.1, 0.15) is 61.3 Å². The van der Waals surface area contributed by atoms with E-state index in [0.29, 0.717) is 12.1 Å². The molecule has 0 aliphatic rings. The van der Waals surface area contributed by atoms with Crippen LogP contribution in [0.15, 0.2) is 36.4 Å². The Kier molecular flexibility index (Phi) is 6.50. The summed E-state index contributed by atoms with van der Waals surface area (Å²) >= 11 is 0. The van der Waals surface area contributed by atoms with Crippen molar-refractivity contribution in [3.05, 3.63) is 70.3 Å².